The van der Waals surface area contributed by atoms with Crippen molar-refractivity contribution in [1.82, 2.24) is 4.31 Å². The van der Waals surface area contributed by atoms with Gasteiger partial charge in [-0.25, -0.2) is 8.42 Å². The molecule has 1 amide bonds. The first kappa shape index (κ1) is 19.1. The molecule has 0 spiro atoms. The summed E-state index contributed by atoms with van der Waals surface area (Å²) in [5.41, 5.74) is 2.19. The summed E-state index contributed by atoms with van der Waals surface area (Å²) in [6.45, 7) is 1.58. The van der Waals surface area contributed by atoms with E-state index in [4.69, 9.17) is 0 Å². The number of carboxylic acid groups (broad SMARTS) is 1. The lowest BCUT2D eigenvalue weighted by Crippen LogP contribution is -2.40. The molecule has 142 valence electrons. The third-order valence-electron chi connectivity index (χ3n) is 4.51. The quantitative estimate of drug-likeness (QED) is 0.819. The Labute approximate surface area is 157 Å². The van der Waals surface area contributed by atoms with E-state index in [1.54, 1.807) is 12.1 Å². The molecule has 0 saturated heterocycles. The van der Waals surface area contributed by atoms with Gasteiger partial charge in [-0.2, -0.15) is 4.31 Å². The zero-order valence-corrected chi connectivity index (χ0v) is 15.6. The molecule has 2 aromatic carbocycles. The molecule has 27 heavy (non-hydrogen) atoms. The van der Waals surface area contributed by atoms with Crippen LogP contribution in [0.5, 0.6) is 0 Å². The van der Waals surface area contributed by atoms with Crippen LogP contribution in [-0.2, 0) is 26.0 Å². The first-order valence-electron chi connectivity index (χ1n) is 8.48. The van der Waals surface area contributed by atoms with E-state index in [1.807, 2.05) is 12.1 Å². The number of nitrogens with one attached hydrogen (secondary N) is 1. The molecular weight excluding hydrogens is 368 g/mol. The van der Waals surface area contributed by atoms with Crippen molar-refractivity contribution in [2.75, 3.05) is 11.9 Å². The number of nitrogens with zero attached hydrogens (tertiary/aromatic N) is 1. The molecule has 1 heterocycles. The van der Waals surface area contributed by atoms with E-state index in [0.29, 0.717) is 12.1 Å². The van der Waals surface area contributed by atoms with E-state index in [2.05, 4.69) is 5.32 Å². The van der Waals surface area contributed by atoms with Gasteiger partial charge in [-0.05, 0) is 41.8 Å². The molecule has 0 bridgehead atoms. The van der Waals surface area contributed by atoms with Crippen molar-refractivity contribution in [3.63, 3.8) is 0 Å². The fourth-order valence-corrected chi connectivity index (χ4v) is 4.95. The van der Waals surface area contributed by atoms with E-state index in [1.165, 1.54) is 35.5 Å². The van der Waals surface area contributed by atoms with Crippen LogP contribution in [-0.4, -0.2) is 36.3 Å². The average molecular weight is 388 g/mol. The van der Waals surface area contributed by atoms with E-state index < -0.39 is 22.0 Å². The highest BCUT2D eigenvalue weighted by Gasteiger charge is 2.37. The Morgan fingerprint density at radius 3 is 2.44 bits per heavy atom. The molecule has 8 heteroatoms. The van der Waals surface area contributed by atoms with E-state index in [0.717, 1.165) is 11.1 Å². The van der Waals surface area contributed by atoms with Crippen LogP contribution < -0.4 is 5.32 Å². The Kier molecular flexibility index (Phi) is 5.29. The number of aliphatic carboxylic acids is 1. The number of rotatable bonds is 5. The summed E-state index contributed by atoms with van der Waals surface area (Å²) in [5, 5.41) is 11.9. The highest BCUT2D eigenvalue weighted by atomic mass is 32.2. The highest BCUT2D eigenvalue weighted by molar-refractivity contribution is 7.89. The standard InChI is InChI=1S/C19H20N2O5S/c1-13(22)20-15-6-8-16(9-7-15)27(25,26)21-11-10-14-4-2-3-5-17(14)18(21)12-19(23)24/h2-9,18H,10-12H2,1H3,(H,20,22)(H,23,24)/t18-/m1/s1. The van der Waals surface area contributed by atoms with Crippen LogP contribution in [0.4, 0.5) is 5.69 Å². The van der Waals surface area contributed by atoms with E-state index in [9.17, 15) is 23.1 Å². The van der Waals surface area contributed by atoms with Crippen molar-refractivity contribution in [3.8, 4) is 0 Å². The summed E-state index contributed by atoms with van der Waals surface area (Å²) in [6, 6.07) is 12.4. The molecule has 0 radical (unpaired) electrons. The molecule has 3 rings (SSSR count). The molecule has 0 fully saturated rings. The number of carbonyl (C=O) groups is 2. The fourth-order valence-electron chi connectivity index (χ4n) is 3.34. The van der Waals surface area contributed by atoms with Gasteiger partial charge < -0.3 is 10.4 Å². The molecule has 0 saturated carbocycles. The van der Waals surface area contributed by atoms with Crippen molar-refractivity contribution in [2.45, 2.75) is 30.7 Å². The highest BCUT2D eigenvalue weighted by Crippen LogP contribution is 2.36. The van der Waals surface area contributed by atoms with Crippen LogP contribution in [0.2, 0.25) is 0 Å². The molecule has 0 aliphatic carbocycles. The Hall–Kier alpha value is -2.71. The van der Waals surface area contributed by atoms with E-state index in [-0.39, 0.29) is 23.8 Å². The maximum Gasteiger partial charge on any atom is 0.305 e. The van der Waals surface area contributed by atoms with Gasteiger partial charge in [-0.15, -0.1) is 0 Å². The lowest BCUT2D eigenvalue weighted by atomic mass is 9.92. The number of hydrogen-bond donors (Lipinski definition) is 2. The number of benzene rings is 2. The smallest absolute Gasteiger partial charge is 0.305 e. The molecule has 2 aromatic rings. The maximum absolute atomic E-state index is 13.2. The third kappa shape index (κ3) is 4.01. The number of amides is 1. The van der Waals surface area contributed by atoms with Crippen molar-refractivity contribution in [2.24, 2.45) is 0 Å². The second-order valence-corrected chi connectivity index (χ2v) is 8.27. The van der Waals surface area contributed by atoms with Gasteiger partial charge in [-0.3, -0.25) is 9.59 Å². The summed E-state index contributed by atoms with van der Waals surface area (Å²) >= 11 is 0. The number of anilines is 1. The zero-order valence-electron chi connectivity index (χ0n) is 14.8. The SMILES string of the molecule is CC(=O)Nc1ccc(S(=O)(=O)N2CCc3ccccc3[C@H]2CC(=O)O)cc1. The Morgan fingerprint density at radius 2 is 1.81 bits per heavy atom. The van der Waals surface area contributed by atoms with Gasteiger partial charge in [0.05, 0.1) is 17.4 Å². The minimum Gasteiger partial charge on any atom is -0.481 e. The second kappa shape index (κ2) is 7.50. The Bertz CT molecular complexity index is 970. The molecule has 0 aromatic heterocycles. The van der Waals surface area contributed by atoms with Gasteiger partial charge in [0, 0.05) is 19.2 Å². The van der Waals surface area contributed by atoms with Crippen LogP contribution in [0, 0.1) is 0 Å². The van der Waals surface area contributed by atoms with Crippen molar-refractivity contribution < 1.29 is 23.1 Å². The number of carbonyl (C=O) groups excluding carboxylic acids is 1. The number of fused-ring (bicyclic) bond motifs is 1. The van der Waals surface area contributed by atoms with E-state index >= 15 is 0 Å². The summed E-state index contributed by atoms with van der Waals surface area (Å²) in [4.78, 5) is 22.5. The predicted octanol–water partition coefficient (Wildman–Crippen LogP) is 2.41. The number of carboxylic acids is 1. The normalized spacial score (nSPS) is 17.1. The molecule has 1 aliphatic rings. The Balaban J connectivity index is 1.97. The summed E-state index contributed by atoms with van der Waals surface area (Å²) < 4.78 is 27.6. The molecule has 1 aliphatic heterocycles. The van der Waals surface area contributed by atoms with Crippen molar-refractivity contribution in [1.29, 1.82) is 0 Å². The number of sulfonamides is 1. The fraction of sp³-hybridized carbons (Fsp3) is 0.263. The van der Waals surface area contributed by atoms with Gasteiger partial charge >= 0.3 is 5.97 Å². The van der Waals surface area contributed by atoms with Gasteiger partial charge in [-0.1, -0.05) is 24.3 Å². The molecule has 7 nitrogen and oxygen atoms in total. The molecule has 0 unspecified atom stereocenters. The summed E-state index contributed by atoms with van der Waals surface area (Å²) in [6.07, 6.45) is 0.218. The minimum absolute atomic E-state index is 0.0615. The molecule has 1 atom stereocenters. The average Bonchev–Trinajstić information content (AvgIpc) is 2.61. The van der Waals surface area contributed by atoms with Crippen LogP contribution >= 0.6 is 0 Å². The largest absolute Gasteiger partial charge is 0.481 e. The van der Waals surface area contributed by atoms with Crippen LogP contribution in [0.3, 0.4) is 0 Å². The Morgan fingerprint density at radius 1 is 1.15 bits per heavy atom. The minimum atomic E-state index is -3.89. The summed E-state index contributed by atoms with van der Waals surface area (Å²) in [7, 11) is -3.89. The van der Waals surface area contributed by atoms with Crippen LogP contribution in [0.15, 0.2) is 53.4 Å². The predicted molar refractivity (Wildman–Crippen MR) is 99.8 cm³/mol. The van der Waals surface area contributed by atoms with Crippen molar-refractivity contribution in [3.05, 3.63) is 59.7 Å². The third-order valence-corrected chi connectivity index (χ3v) is 6.43. The van der Waals surface area contributed by atoms with Crippen LogP contribution in [0.1, 0.15) is 30.5 Å². The lowest BCUT2D eigenvalue weighted by Gasteiger charge is -2.35. The van der Waals surface area contributed by atoms with Crippen molar-refractivity contribution >= 4 is 27.6 Å². The zero-order chi connectivity index (χ0) is 19.6. The lowest BCUT2D eigenvalue weighted by molar-refractivity contribution is -0.138. The summed E-state index contributed by atoms with van der Waals surface area (Å²) in [5.74, 6) is -1.31. The van der Waals surface area contributed by atoms with Gasteiger partial charge in [0.25, 0.3) is 0 Å². The van der Waals surface area contributed by atoms with Gasteiger partial charge in [0.1, 0.15) is 0 Å². The van der Waals surface area contributed by atoms with Gasteiger partial charge in [0.15, 0.2) is 0 Å². The molecule has 2 N–H and O–H groups in total. The molecular formula is C19H20N2O5S. The van der Waals surface area contributed by atoms with Gasteiger partial charge in [0.2, 0.25) is 15.9 Å². The van der Waals surface area contributed by atoms with Crippen LogP contribution in [0.25, 0.3) is 0 Å². The number of hydrogen-bond acceptors (Lipinski definition) is 4. The topological polar surface area (TPSA) is 104 Å². The first-order valence-corrected chi connectivity index (χ1v) is 9.92. The first-order chi connectivity index (χ1) is 12.8. The maximum atomic E-state index is 13.2. The second-order valence-electron chi connectivity index (χ2n) is 6.38. The monoisotopic (exact) mass is 388 g/mol.